The Morgan fingerprint density at radius 2 is 2.29 bits per heavy atom. The van der Waals surface area contributed by atoms with E-state index in [0.29, 0.717) is 0 Å². The highest BCUT2D eigenvalue weighted by molar-refractivity contribution is 9.10. The molecule has 0 atom stereocenters. The van der Waals surface area contributed by atoms with E-state index in [1.807, 2.05) is 12.1 Å². The van der Waals surface area contributed by atoms with E-state index >= 15 is 0 Å². The highest BCUT2D eigenvalue weighted by Crippen LogP contribution is 2.43. The van der Waals surface area contributed by atoms with Gasteiger partial charge in [0.15, 0.2) is 0 Å². The first-order chi connectivity index (χ1) is 6.86. The standard InChI is InChI=1S/C11H10BrNO/c12-8-1-2-9-10-7(4-6-14-9)3-5-13-11(8)10/h1-3,13H,4-6H2. The molecule has 1 N–H and O–H groups in total. The first-order valence-corrected chi connectivity index (χ1v) is 5.54. The van der Waals surface area contributed by atoms with Gasteiger partial charge in [-0.25, -0.2) is 0 Å². The monoisotopic (exact) mass is 251 g/mol. The van der Waals surface area contributed by atoms with Crippen LogP contribution in [0.1, 0.15) is 12.0 Å². The maximum absolute atomic E-state index is 5.62. The Kier molecular flexibility index (Phi) is 1.80. The third kappa shape index (κ3) is 1.08. The Morgan fingerprint density at radius 1 is 1.36 bits per heavy atom. The number of rotatable bonds is 0. The molecular weight excluding hydrogens is 242 g/mol. The fourth-order valence-corrected chi connectivity index (χ4v) is 2.52. The van der Waals surface area contributed by atoms with Gasteiger partial charge in [0.2, 0.25) is 0 Å². The van der Waals surface area contributed by atoms with Gasteiger partial charge in [0, 0.05) is 23.0 Å². The molecule has 14 heavy (non-hydrogen) atoms. The van der Waals surface area contributed by atoms with Crippen molar-refractivity contribution in [2.24, 2.45) is 0 Å². The summed E-state index contributed by atoms with van der Waals surface area (Å²) in [7, 11) is 0. The van der Waals surface area contributed by atoms with Gasteiger partial charge in [-0.05, 0) is 33.6 Å². The molecule has 2 heterocycles. The smallest absolute Gasteiger partial charge is 0.128 e. The molecule has 0 bridgehead atoms. The Hall–Kier alpha value is -0.960. The minimum Gasteiger partial charge on any atom is -0.493 e. The lowest BCUT2D eigenvalue weighted by atomic mass is 9.95. The maximum Gasteiger partial charge on any atom is 0.128 e. The molecule has 0 spiro atoms. The zero-order valence-corrected chi connectivity index (χ0v) is 9.23. The van der Waals surface area contributed by atoms with Crippen LogP contribution in [-0.2, 0) is 0 Å². The summed E-state index contributed by atoms with van der Waals surface area (Å²) in [5.41, 5.74) is 3.85. The molecule has 0 fully saturated rings. The highest BCUT2D eigenvalue weighted by atomic mass is 79.9. The highest BCUT2D eigenvalue weighted by Gasteiger charge is 2.22. The Morgan fingerprint density at radius 3 is 3.21 bits per heavy atom. The number of nitrogens with one attached hydrogen (secondary N) is 1. The predicted molar refractivity (Wildman–Crippen MR) is 60.7 cm³/mol. The number of ether oxygens (including phenoxy) is 1. The van der Waals surface area contributed by atoms with Crippen LogP contribution in [0.2, 0.25) is 0 Å². The van der Waals surface area contributed by atoms with Gasteiger partial charge in [-0.3, -0.25) is 0 Å². The van der Waals surface area contributed by atoms with Crippen LogP contribution in [0.25, 0.3) is 5.57 Å². The molecule has 0 saturated heterocycles. The fourth-order valence-electron chi connectivity index (χ4n) is 2.05. The molecule has 1 aromatic carbocycles. The Labute approximate surface area is 91.1 Å². The van der Waals surface area contributed by atoms with Gasteiger partial charge in [-0.15, -0.1) is 0 Å². The summed E-state index contributed by atoms with van der Waals surface area (Å²) in [6.45, 7) is 1.73. The lowest BCUT2D eigenvalue weighted by Crippen LogP contribution is -2.16. The van der Waals surface area contributed by atoms with Crippen molar-refractivity contribution in [3.63, 3.8) is 0 Å². The van der Waals surface area contributed by atoms with Crippen molar-refractivity contribution in [2.75, 3.05) is 18.5 Å². The van der Waals surface area contributed by atoms with Gasteiger partial charge in [-0.2, -0.15) is 0 Å². The summed E-state index contributed by atoms with van der Waals surface area (Å²) in [6.07, 6.45) is 3.28. The first kappa shape index (κ1) is 8.36. The van der Waals surface area contributed by atoms with Crippen LogP contribution in [0, 0.1) is 0 Å². The van der Waals surface area contributed by atoms with Crippen molar-refractivity contribution < 1.29 is 4.74 Å². The largest absolute Gasteiger partial charge is 0.493 e. The second kappa shape index (κ2) is 3.02. The van der Waals surface area contributed by atoms with Crippen molar-refractivity contribution in [1.82, 2.24) is 0 Å². The number of halogens is 1. The molecule has 2 aliphatic rings. The average molecular weight is 252 g/mol. The van der Waals surface area contributed by atoms with Gasteiger partial charge in [0.25, 0.3) is 0 Å². The maximum atomic E-state index is 5.62. The van der Waals surface area contributed by atoms with E-state index in [0.717, 1.165) is 29.8 Å². The molecule has 3 rings (SSSR count). The van der Waals surface area contributed by atoms with E-state index in [9.17, 15) is 0 Å². The van der Waals surface area contributed by atoms with Crippen molar-refractivity contribution >= 4 is 27.2 Å². The van der Waals surface area contributed by atoms with Crippen molar-refractivity contribution in [1.29, 1.82) is 0 Å². The predicted octanol–water partition coefficient (Wildman–Crippen LogP) is 3.04. The van der Waals surface area contributed by atoms with Gasteiger partial charge in [0.1, 0.15) is 5.75 Å². The summed E-state index contributed by atoms with van der Waals surface area (Å²) >= 11 is 3.55. The zero-order chi connectivity index (χ0) is 9.54. The van der Waals surface area contributed by atoms with Crippen LogP contribution in [-0.4, -0.2) is 13.2 Å². The van der Waals surface area contributed by atoms with Crippen LogP contribution in [0.3, 0.4) is 0 Å². The molecule has 2 aliphatic heterocycles. The summed E-state index contributed by atoms with van der Waals surface area (Å²) in [5.74, 6) is 1.01. The topological polar surface area (TPSA) is 21.3 Å². The molecule has 0 saturated carbocycles. The molecule has 0 unspecified atom stereocenters. The normalized spacial score (nSPS) is 17.6. The molecule has 1 aromatic rings. The SMILES string of the molecule is Brc1ccc2c3c1NCC=C3CCO2. The molecule has 0 amide bonds. The van der Waals surface area contributed by atoms with E-state index in [4.69, 9.17) is 4.74 Å². The van der Waals surface area contributed by atoms with E-state index in [2.05, 4.69) is 27.3 Å². The summed E-state index contributed by atoms with van der Waals surface area (Å²) < 4.78 is 6.74. The number of anilines is 1. The average Bonchev–Trinajstić information content (AvgIpc) is 2.24. The quantitative estimate of drug-likeness (QED) is 0.766. The lowest BCUT2D eigenvalue weighted by Gasteiger charge is -2.27. The second-order valence-corrected chi connectivity index (χ2v) is 4.36. The van der Waals surface area contributed by atoms with Crippen LogP contribution < -0.4 is 10.1 Å². The molecule has 72 valence electrons. The fraction of sp³-hybridized carbons (Fsp3) is 0.273. The molecule has 0 radical (unpaired) electrons. The zero-order valence-electron chi connectivity index (χ0n) is 7.64. The van der Waals surface area contributed by atoms with E-state index < -0.39 is 0 Å². The van der Waals surface area contributed by atoms with Crippen LogP contribution >= 0.6 is 15.9 Å². The van der Waals surface area contributed by atoms with Gasteiger partial charge in [-0.1, -0.05) is 6.08 Å². The number of hydrogen-bond donors (Lipinski definition) is 1. The summed E-state index contributed by atoms with van der Waals surface area (Å²) in [4.78, 5) is 0. The molecule has 0 aliphatic carbocycles. The van der Waals surface area contributed by atoms with Crippen molar-refractivity contribution in [2.45, 2.75) is 6.42 Å². The van der Waals surface area contributed by atoms with E-state index in [-0.39, 0.29) is 0 Å². The van der Waals surface area contributed by atoms with Gasteiger partial charge < -0.3 is 10.1 Å². The third-order valence-corrected chi connectivity index (χ3v) is 3.35. The summed E-state index contributed by atoms with van der Waals surface area (Å²) in [5, 5.41) is 3.37. The third-order valence-electron chi connectivity index (χ3n) is 2.69. The van der Waals surface area contributed by atoms with Crippen molar-refractivity contribution in [3.05, 3.63) is 28.2 Å². The van der Waals surface area contributed by atoms with Crippen LogP contribution in [0.15, 0.2) is 22.7 Å². The summed E-state index contributed by atoms with van der Waals surface area (Å²) in [6, 6.07) is 4.07. The second-order valence-electron chi connectivity index (χ2n) is 3.50. The van der Waals surface area contributed by atoms with E-state index in [1.165, 1.54) is 16.8 Å². The first-order valence-electron chi connectivity index (χ1n) is 4.75. The molecule has 3 heteroatoms. The van der Waals surface area contributed by atoms with Crippen molar-refractivity contribution in [3.8, 4) is 5.75 Å². The number of hydrogen-bond acceptors (Lipinski definition) is 2. The van der Waals surface area contributed by atoms with E-state index in [1.54, 1.807) is 0 Å². The minimum absolute atomic E-state index is 0.805. The minimum atomic E-state index is 0.805. The Bertz CT molecular complexity index is 426. The molecular formula is C11H10BrNO. The molecule has 2 nitrogen and oxygen atoms in total. The Balaban J connectivity index is 2.30. The van der Waals surface area contributed by atoms with Crippen LogP contribution in [0.4, 0.5) is 5.69 Å². The number of benzene rings is 1. The molecule has 0 aromatic heterocycles. The van der Waals surface area contributed by atoms with Crippen LogP contribution in [0.5, 0.6) is 5.75 Å². The lowest BCUT2D eigenvalue weighted by molar-refractivity contribution is 0.316. The van der Waals surface area contributed by atoms with Gasteiger partial charge >= 0.3 is 0 Å². The van der Waals surface area contributed by atoms with Gasteiger partial charge in [0.05, 0.1) is 12.3 Å².